The molecule has 0 saturated heterocycles. The maximum absolute atomic E-state index is 13.1. The minimum absolute atomic E-state index is 0.0975. The number of benzene rings is 2. The number of amides is 1. The Morgan fingerprint density at radius 3 is 2.58 bits per heavy atom. The average molecular weight is 489 g/mol. The lowest BCUT2D eigenvalue weighted by atomic mass is 10.1. The predicted octanol–water partition coefficient (Wildman–Crippen LogP) is 4.35. The summed E-state index contributed by atoms with van der Waals surface area (Å²) in [5.74, 6) is -0.424. The van der Waals surface area contributed by atoms with E-state index in [2.05, 4.69) is 22.4 Å². The van der Waals surface area contributed by atoms with Gasteiger partial charge in [-0.1, -0.05) is 61.0 Å². The summed E-state index contributed by atoms with van der Waals surface area (Å²) in [5.41, 5.74) is 2.05. The Balaban J connectivity index is 1.51. The van der Waals surface area contributed by atoms with Crippen LogP contribution in [0.2, 0.25) is 0 Å². The predicted molar refractivity (Wildman–Crippen MR) is 134 cm³/mol. The van der Waals surface area contributed by atoms with Gasteiger partial charge in [-0.3, -0.25) is 14.4 Å². The Labute approximate surface area is 208 Å². The molecule has 1 N–H and O–H groups in total. The summed E-state index contributed by atoms with van der Waals surface area (Å²) in [4.78, 5) is 43.4. The molecule has 4 aromatic rings. The first-order valence-corrected chi connectivity index (χ1v) is 11.9. The van der Waals surface area contributed by atoms with Crippen LogP contribution < -0.4 is 10.9 Å². The highest BCUT2D eigenvalue weighted by Crippen LogP contribution is 2.21. The van der Waals surface area contributed by atoms with Gasteiger partial charge in [0, 0.05) is 24.6 Å². The molecule has 9 heteroatoms. The van der Waals surface area contributed by atoms with E-state index in [1.807, 2.05) is 24.3 Å². The highest BCUT2D eigenvalue weighted by Gasteiger charge is 2.26. The number of carbonyl (C=O) groups excluding carboxylic acids is 2. The Hall–Kier alpha value is -4.27. The van der Waals surface area contributed by atoms with Crippen LogP contribution in [0.3, 0.4) is 0 Å². The lowest BCUT2D eigenvalue weighted by molar-refractivity contribution is -0.154. The highest BCUT2D eigenvalue weighted by molar-refractivity contribution is 5.95. The van der Waals surface area contributed by atoms with Crippen LogP contribution in [0.4, 0.5) is 5.82 Å². The molecule has 2 aromatic heterocycles. The van der Waals surface area contributed by atoms with E-state index in [4.69, 9.17) is 9.26 Å². The Morgan fingerprint density at radius 2 is 1.86 bits per heavy atom. The van der Waals surface area contributed by atoms with Gasteiger partial charge in [0.1, 0.15) is 11.5 Å². The summed E-state index contributed by atoms with van der Waals surface area (Å²) in [6.45, 7) is 4.34. The van der Waals surface area contributed by atoms with Crippen molar-refractivity contribution in [3.63, 3.8) is 0 Å². The number of hydrogen-bond donors (Lipinski definition) is 1. The van der Waals surface area contributed by atoms with E-state index in [1.54, 1.807) is 47.9 Å². The highest BCUT2D eigenvalue weighted by atomic mass is 16.5. The van der Waals surface area contributed by atoms with Crippen LogP contribution in [0, 0.1) is 6.92 Å². The second-order valence-electron chi connectivity index (χ2n) is 8.45. The van der Waals surface area contributed by atoms with Crippen molar-refractivity contribution in [1.29, 1.82) is 0 Å². The fourth-order valence-corrected chi connectivity index (χ4v) is 3.88. The monoisotopic (exact) mass is 488 g/mol. The molecule has 4 rings (SSSR count). The summed E-state index contributed by atoms with van der Waals surface area (Å²) in [6, 6.07) is 17.7. The molecule has 0 aliphatic carbocycles. The van der Waals surface area contributed by atoms with Gasteiger partial charge in [-0.25, -0.2) is 4.98 Å². The summed E-state index contributed by atoms with van der Waals surface area (Å²) < 4.78 is 12.3. The summed E-state index contributed by atoms with van der Waals surface area (Å²) in [7, 11) is 0. The number of anilines is 1. The van der Waals surface area contributed by atoms with Gasteiger partial charge in [-0.15, -0.1) is 0 Å². The van der Waals surface area contributed by atoms with Crippen LogP contribution in [-0.2, 0) is 27.3 Å². The third kappa shape index (κ3) is 5.86. The number of aryl methyl sites for hydroxylation is 3. The van der Waals surface area contributed by atoms with E-state index in [-0.39, 0.29) is 24.2 Å². The van der Waals surface area contributed by atoms with Gasteiger partial charge in [0.2, 0.25) is 6.10 Å². The molecule has 0 aliphatic rings. The fraction of sp³-hybridized carbons (Fsp3) is 0.296. The number of esters is 1. The van der Waals surface area contributed by atoms with Crippen molar-refractivity contribution in [2.45, 2.75) is 52.2 Å². The molecule has 0 saturated carbocycles. The van der Waals surface area contributed by atoms with E-state index in [0.29, 0.717) is 29.1 Å². The van der Waals surface area contributed by atoms with Crippen molar-refractivity contribution in [1.82, 2.24) is 14.7 Å². The van der Waals surface area contributed by atoms with Gasteiger partial charge in [-0.2, -0.15) is 0 Å². The van der Waals surface area contributed by atoms with Crippen molar-refractivity contribution in [3.05, 3.63) is 88.0 Å². The second-order valence-corrected chi connectivity index (χ2v) is 8.45. The molecular formula is C27H28N4O5. The number of rotatable bonds is 10. The standard InChI is InChI=1S/C27H28N4O5/c1-3-4-16-31-22-13-9-8-12-20(22)28-21(27(31)34)14-15-24(32)35-25(19-10-6-5-7-11-19)26(33)29-23-17-18(2)36-30-23/h5-13,17,25H,3-4,14-16H2,1-2H3,(H,29,30,33). The SMILES string of the molecule is CCCCn1c(=O)c(CCC(=O)OC(C(=O)Nc2cc(C)on2)c2ccccc2)nc2ccccc21. The Morgan fingerprint density at radius 1 is 1.11 bits per heavy atom. The topological polar surface area (TPSA) is 116 Å². The van der Waals surface area contributed by atoms with Gasteiger partial charge < -0.3 is 19.1 Å². The van der Waals surface area contributed by atoms with Crippen LogP contribution in [-0.4, -0.2) is 26.6 Å². The molecule has 36 heavy (non-hydrogen) atoms. The van der Waals surface area contributed by atoms with Crippen LogP contribution in [0.5, 0.6) is 0 Å². The minimum atomic E-state index is -1.19. The number of nitrogens with one attached hydrogen (secondary N) is 1. The quantitative estimate of drug-likeness (QED) is 0.330. The zero-order valence-corrected chi connectivity index (χ0v) is 20.3. The molecule has 0 spiro atoms. The van der Waals surface area contributed by atoms with Gasteiger partial charge in [-0.05, 0) is 25.5 Å². The number of fused-ring (bicyclic) bond motifs is 1. The van der Waals surface area contributed by atoms with Crippen molar-refractivity contribution >= 4 is 28.7 Å². The zero-order chi connectivity index (χ0) is 25.5. The van der Waals surface area contributed by atoms with Crippen LogP contribution >= 0.6 is 0 Å². The maximum Gasteiger partial charge on any atom is 0.307 e. The Bertz CT molecular complexity index is 1410. The minimum Gasteiger partial charge on any atom is -0.447 e. The summed E-state index contributed by atoms with van der Waals surface area (Å²) in [6.07, 6.45) is 0.603. The number of para-hydroxylation sites is 2. The lowest BCUT2D eigenvalue weighted by Gasteiger charge is -2.17. The number of carbonyl (C=O) groups is 2. The van der Waals surface area contributed by atoms with Crippen LogP contribution in [0.1, 0.15) is 49.3 Å². The molecule has 186 valence electrons. The fourth-order valence-electron chi connectivity index (χ4n) is 3.88. The smallest absolute Gasteiger partial charge is 0.307 e. The molecule has 1 amide bonds. The van der Waals surface area contributed by atoms with E-state index in [0.717, 1.165) is 18.4 Å². The maximum atomic E-state index is 13.1. The normalized spacial score (nSPS) is 11.8. The first-order chi connectivity index (χ1) is 17.5. The molecule has 2 aromatic carbocycles. The van der Waals surface area contributed by atoms with Crippen molar-refractivity contribution in [3.8, 4) is 0 Å². The molecule has 1 atom stereocenters. The molecular weight excluding hydrogens is 460 g/mol. The number of ether oxygens (including phenoxy) is 1. The summed E-state index contributed by atoms with van der Waals surface area (Å²) >= 11 is 0. The molecule has 0 radical (unpaired) electrons. The van der Waals surface area contributed by atoms with Crippen molar-refractivity contribution in [2.24, 2.45) is 0 Å². The van der Waals surface area contributed by atoms with E-state index in [9.17, 15) is 14.4 Å². The number of hydrogen-bond acceptors (Lipinski definition) is 7. The first-order valence-electron chi connectivity index (χ1n) is 11.9. The van der Waals surface area contributed by atoms with Crippen LogP contribution in [0.15, 0.2) is 70.0 Å². The number of nitrogens with zero attached hydrogens (tertiary/aromatic N) is 3. The molecule has 1 unspecified atom stereocenters. The van der Waals surface area contributed by atoms with Crippen LogP contribution in [0.25, 0.3) is 11.0 Å². The third-order valence-corrected chi connectivity index (χ3v) is 5.69. The van der Waals surface area contributed by atoms with E-state index in [1.165, 1.54) is 0 Å². The summed E-state index contributed by atoms with van der Waals surface area (Å²) in [5, 5.41) is 6.37. The number of unbranched alkanes of at least 4 members (excludes halogenated alkanes) is 1. The van der Waals surface area contributed by atoms with Crippen molar-refractivity contribution < 1.29 is 18.8 Å². The van der Waals surface area contributed by atoms with Gasteiger partial charge in [0.05, 0.1) is 17.5 Å². The molecule has 2 heterocycles. The van der Waals surface area contributed by atoms with Gasteiger partial charge >= 0.3 is 5.97 Å². The Kier molecular flexibility index (Phi) is 7.89. The lowest BCUT2D eigenvalue weighted by Crippen LogP contribution is -2.28. The van der Waals surface area contributed by atoms with E-state index >= 15 is 0 Å². The van der Waals surface area contributed by atoms with E-state index < -0.39 is 18.0 Å². The van der Waals surface area contributed by atoms with Gasteiger partial charge in [0.25, 0.3) is 11.5 Å². The molecule has 0 fully saturated rings. The second kappa shape index (κ2) is 11.4. The molecule has 0 bridgehead atoms. The van der Waals surface area contributed by atoms with Gasteiger partial charge in [0.15, 0.2) is 5.82 Å². The van der Waals surface area contributed by atoms with Crippen molar-refractivity contribution in [2.75, 3.05) is 5.32 Å². The first kappa shape index (κ1) is 24.8. The molecule has 9 nitrogen and oxygen atoms in total. The average Bonchev–Trinajstić information content (AvgIpc) is 3.30. The third-order valence-electron chi connectivity index (χ3n) is 5.69. The molecule has 0 aliphatic heterocycles. The number of aromatic nitrogens is 3. The largest absolute Gasteiger partial charge is 0.447 e. The zero-order valence-electron chi connectivity index (χ0n) is 20.3.